The maximum Gasteiger partial charge on any atom is 0.163 e. The number of hydrogen-bond acceptors (Lipinski definition) is 2. The molecule has 0 aromatic carbocycles. The van der Waals surface area contributed by atoms with Crippen molar-refractivity contribution in [2.24, 2.45) is 0 Å². The summed E-state index contributed by atoms with van der Waals surface area (Å²) in [5, 5.41) is 0. The van der Waals surface area contributed by atoms with Gasteiger partial charge in [0.25, 0.3) is 0 Å². The number of rotatable bonds is 3. The van der Waals surface area contributed by atoms with Gasteiger partial charge in [0.1, 0.15) is 0 Å². The van der Waals surface area contributed by atoms with Gasteiger partial charge in [0.05, 0.1) is 12.7 Å². The van der Waals surface area contributed by atoms with Gasteiger partial charge in [-0.15, -0.1) is 0 Å². The zero-order valence-corrected chi connectivity index (χ0v) is 10.4. The van der Waals surface area contributed by atoms with Crippen molar-refractivity contribution >= 4 is 0 Å². The van der Waals surface area contributed by atoms with E-state index in [1.165, 1.54) is 19.3 Å². The van der Waals surface area contributed by atoms with Crippen molar-refractivity contribution in [1.29, 1.82) is 0 Å². The van der Waals surface area contributed by atoms with Crippen LogP contribution in [0.5, 0.6) is 0 Å². The van der Waals surface area contributed by atoms with Crippen molar-refractivity contribution < 1.29 is 9.47 Å². The van der Waals surface area contributed by atoms with Crippen LogP contribution in [-0.2, 0) is 9.47 Å². The highest BCUT2D eigenvalue weighted by Gasteiger charge is 2.31. The van der Waals surface area contributed by atoms with E-state index >= 15 is 0 Å². The Balaban J connectivity index is 0.000000292. The van der Waals surface area contributed by atoms with Gasteiger partial charge in [0.2, 0.25) is 0 Å². The minimum atomic E-state index is -0.333. The molecule has 0 saturated carbocycles. The minimum absolute atomic E-state index is 0.319. The Kier molecular flexibility index (Phi) is 7.20. The largest absolute Gasteiger partial charge is 0.348 e. The van der Waals surface area contributed by atoms with Gasteiger partial charge in [-0.2, -0.15) is 0 Å². The van der Waals surface area contributed by atoms with E-state index < -0.39 is 0 Å². The van der Waals surface area contributed by atoms with Crippen molar-refractivity contribution in [3.63, 3.8) is 0 Å². The van der Waals surface area contributed by atoms with Crippen LogP contribution in [0.15, 0.2) is 0 Å². The van der Waals surface area contributed by atoms with Gasteiger partial charge in [-0.3, -0.25) is 0 Å². The van der Waals surface area contributed by atoms with Gasteiger partial charge in [0.15, 0.2) is 5.79 Å². The molecule has 2 nitrogen and oxygen atoms in total. The van der Waals surface area contributed by atoms with Crippen molar-refractivity contribution in [3.05, 3.63) is 0 Å². The lowest BCUT2D eigenvalue weighted by atomic mass is 10.3. The molecule has 14 heavy (non-hydrogen) atoms. The number of ether oxygens (including phenoxy) is 2. The summed E-state index contributed by atoms with van der Waals surface area (Å²) in [5.74, 6) is -0.333. The Morgan fingerprint density at radius 3 is 1.86 bits per heavy atom. The van der Waals surface area contributed by atoms with Crippen LogP contribution in [0, 0.1) is 0 Å². The van der Waals surface area contributed by atoms with Gasteiger partial charge >= 0.3 is 0 Å². The molecule has 0 spiro atoms. The van der Waals surface area contributed by atoms with E-state index in [0.717, 1.165) is 13.0 Å². The molecule has 0 amide bonds. The molecule has 1 aliphatic heterocycles. The van der Waals surface area contributed by atoms with Crippen LogP contribution in [0.2, 0.25) is 0 Å². The second-order valence-electron chi connectivity index (χ2n) is 4.21. The summed E-state index contributed by atoms with van der Waals surface area (Å²) < 4.78 is 10.8. The Labute approximate surface area is 89.0 Å². The summed E-state index contributed by atoms with van der Waals surface area (Å²) in [6, 6.07) is 0. The Morgan fingerprint density at radius 1 is 1.14 bits per heavy atom. The fourth-order valence-electron chi connectivity index (χ4n) is 1.32. The van der Waals surface area contributed by atoms with Crippen LogP contribution in [0.3, 0.4) is 0 Å². The first-order chi connectivity index (χ1) is 6.55. The zero-order valence-electron chi connectivity index (χ0n) is 10.4. The number of hydrogen-bond donors (Lipinski definition) is 0. The Bertz CT molecular complexity index is 130. The SMILES string of the molecule is CCC1COC(C)(C)O1.CCCCC. The summed E-state index contributed by atoms with van der Waals surface area (Å²) in [5.41, 5.74) is 0. The van der Waals surface area contributed by atoms with Crippen LogP contribution in [-0.4, -0.2) is 18.5 Å². The molecule has 1 aliphatic rings. The number of unbranched alkanes of at least 4 members (excludes halogenated alkanes) is 2. The van der Waals surface area contributed by atoms with Gasteiger partial charge in [-0.1, -0.05) is 40.0 Å². The second-order valence-corrected chi connectivity index (χ2v) is 4.21. The van der Waals surface area contributed by atoms with Crippen molar-refractivity contribution in [1.82, 2.24) is 0 Å². The quantitative estimate of drug-likeness (QED) is 0.694. The topological polar surface area (TPSA) is 18.5 Å². The summed E-state index contributed by atoms with van der Waals surface area (Å²) in [7, 11) is 0. The van der Waals surface area contributed by atoms with Crippen LogP contribution < -0.4 is 0 Å². The molecule has 2 heteroatoms. The zero-order chi connectivity index (χ0) is 11.0. The maximum atomic E-state index is 5.48. The molecule has 1 atom stereocenters. The molecule has 0 N–H and O–H groups in total. The van der Waals surface area contributed by atoms with E-state index in [1.807, 2.05) is 13.8 Å². The molecule has 0 bridgehead atoms. The highest BCUT2D eigenvalue weighted by molar-refractivity contribution is 4.68. The van der Waals surface area contributed by atoms with E-state index in [1.54, 1.807) is 0 Å². The molecule has 0 aliphatic carbocycles. The summed E-state index contributed by atoms with van der Waals surface area (Å²) in [6.45, 7) is 11.2. The molecule has 1 heterocycles. The normalized spacial score (nSPS) is 24.2. The molecular formula is C12H26O2. The molecule has 0 radical (unpaired) electrons. The average molecular weight is 202 g/mol. The van der Waals surface area contributed by atoms with E-state index in [2.05, 4.69) is 20.8 Å². The smallest absolute Gasteiger partial charge is 0.163 e. The standard InChI is InChI=1S/C7H14O2.C5H12/c1-4-6-5-8-7(2,3)9-6;1-3-5-4-2/h6H,4-5H2,1-3H3;3-5H2,1-2H3. The molecule has 1 saturated heterocycles. The second kappa shape index (κ2) is 7.24. The third-order valence-corrected chi connectivity index (χ3v) is 2.23. The Morgan fingerprint density at radius 2 is 1.71 bits per heavy atom. The summed E-state index contributed by atoms with van der Waals surface area (Å²) in [4.78, 5) is 0. The van der Waals surface area contributed by atoms with E-state index in [-0.39, 0.29) is 5.79 Å². The molecule has 1 fully saturated rings. The highest BCUT2D eigenvalue weighted by atomic mass is 16.7. The predicted octanol–water partition coefficient (Wildman–Crippen LogP) is 3.74. The Hall–Kier alpha value is -0.0800. The maximum absolute atomic E-state index is 5.48. The van der Waals surface area contributed by atoms with Crippen LogP contribution in [0.25, 0.3) is 0 Å². The molecule has 86 valence electrons. The monoisotopic (exact) mass is 202 g/mol. The van der Waals surface area contributed by atoms with Crippen LogP contribution >= 0.6 is 0 Å². The first-order valence-electron chi connectivity index (χ1n) is 5.87. The molecule has 1 rings (SSSR count). The van der Waals surface area contributed by atoms with Gasteiger partial charge in [-0.05, 0) is 20.3 Å². The fraction of sp³-hybridized carbons (Fsp3) is 1.00. The summed E-state index contributed by atoms with van der Waals surface area (Å²) in [6.07, 6.45) is 5.44. The van der Waals surface area contributed by atoms with Gasteiger partial charge < -0.3 is 9.47 Å². The van der Waals surface area contributed by atoms with E-state index in [0.29, 0.717) is 6.10 Å². The minimum Gasteiger partial charge on any atom is -0.348 e. The summed E-state index contributed by atoms with van der Waals surface area (Å²) >= 11 is 0. The van der Waals surface area contributed by atoms with Crippen LogP contribution in [0.4, 0.5) is 0 Å². The van der Waals surface area contributed by atoms with Crippen LogP contribution in [0.1, 0.15) is 60.3 Å². The average Bonchev–Trinajstić information content (AvgIpc) is 2.48. The van der Waals surface area contributed by atoms with E-state index in [9.17, 15) is 0 Å². The molecule has 0 aromatic rings. The predicted molar refractivity (Wildman–Crippen MR) is 60.4 cm³/mol. The first-order valence-corrected chi connectivity index (χ1v) is 5.87. The highest BCUT2D eigenvalue weighted by Crippen LogP contribution is 2.23. The lowest BCUT2D eigenvalue weighted by Crippen LogP contribution is -2.21. The van der Waals surface area contributed by atoms with Gasteiger partial charge in [0, 0.05) is 0 Å². The first kappa shape index (κ1) is 13.9. The molecular weight excluding hydrogens is 176 g/mol. The molecule has 1 unspecified atom stereocenters. The van der Waals surface area contributed by atoms with Gasteiger partial charge in [-0.25, -0.2) is 0 Å². The third-order valence-electron chi connectivity index (χ3n) is 2.23. The van der Waals surface area contributed by atoms with Crippen molar-refractivity contribution in [2.45, 2.75) is 72.2 Å². The lowest BCUT2D eigenvalue weighted by molar-refractivity contribution is -0.138. The third kappa shape index (κ3) is 6.39. The van der Waals surface area contributed by atoms with Crippen molar-refractivity contribution in [2.75, 3.05) is 6.61 Å². The molecule has 0 aromatic heterocycles. The van der Waals surface area contributed by atoms with Crippen molar-refractivity contribution in [3.8, 4) is 0 Å². The van der Waals surface area contributed by atoms with E-state index in [4.69, 9.17) is 9.47 Å². The fourth-order valence-corrected chi connectivity index (χ4v) is 1.32. The lowest BCUT2D eigenvalue weighted by Gasteiger charge is -2.16.